The lowest BCUT2D eigenvalue weighted by Crippen LogP contribution is -2.33. The average Bonchev–Trinajstić information content (AvgIpc) is 3.43. The van der Waals surface area contributed by atoms with Gasteiger partial charge >= 0.3 is 0 Å². The zero-order valence-electron chi connectivity index (χ0n) is 23.8. The van der Waals surface area contributed by atoms with Gasteiger partial charge in [0.15, 0.2) is 0 Å². The first kappa shape index (κ1) is 31.4. The Morgan fingerprint density at radius 3 is 2.43 bits per heavy atom. The van der Waals surface area contributed by atoms with Crippen LogP contribution < -0.4 is 0 Å². The molecule has 0 saturated heterocycles. The van der Waals surface area contributed by atoms with E-state index >= 15 is 8.78 Å². The average molecular weight is 640 g/mol. The van der Waals surface area contributed by atoms with Crippen molar-refractivity contribution < 1.29 is 21.6 Å². The van der Waals surface area contributed by atoms with Gasteiger partial charge in [-0.15, -0.1) is 10.2 Å². The molecular weight excluding hydrogens is 611 g/mol. The number of hydrogen-bond acceptors (Lipinski definition) is 5. The highest BCUT2D eigenvalue weighted by Gasteiger charge is 2.30. The van der Waals surface area contributed by atoms with E-state index in [4.69, 9.17) is 11.6 Å². The highest BCUT2D eigenvalue weighted by molar-refractivity contribution is 7.89. The van der Waals surface area contributed by atoms with Gasteiger partial charge in [0.05, 0.1) is 23.8 Å². The van der Waals surface area contributed by atoms with Gasteiger partial charge in [0.25, 0.3) is 0 Å². The Hall–Kier alpha value is -4.06. The molecule has 44 heavy (non-hydrogen) atoms. The second-order valence-electron chi connectivity index (χ2n) is 10.3. The van der Waals surface area contributed by atoms with Gasteiger partial charge < -0.3 is 4.57 Å². The molecule has 228 valence electrons. The fraction of sp³-hybridized carbons (Fsp3) is 0.219. The van der Waals surface area contributed by atoms with Gasteiger partial charge in [-0.2, -0.15) is 4.31 Å². The summed E-state index contributed by atoms with van der Waals surface area (Å²) < 4.78 is 75.1. The van der Waals surface area contributed by atoms with Crippen LogP contribution >= 0.6 is 11.6 Å². The standard InChI is InChI=1S/C32H29ClF3N5O2S/c1-22-8-7-12-25(38-22)19-40-21-37-39-32(40)20-41(15-6-5-11-23-9-3-2-4-10-23)44(42,43)31-18-29(35)26(17-30(31)36)24-13-14-28(34)27(33)16-24/h2-4,7-10,12-14,16-18,21H,5-6,11,15,19-20H2,1H3. The third-order valence-corrected chi connectivity index (χ3v) is 9.28. The number of aryl methyl sites for hydroxylation is 2. The van der Waals surface area contributed by atoms with Gasteiger partial charge in [0.2, 0.25) is 10.0 Å². The highest BCUT2D eigenvalue weighted by atomic mass is 35.5. The molecule has 0 fully saturated rings. The van der Waals surface area contributed by atoms with Gasteiger partial charge in [-0.05, 0) is 73.7 Å². The van der Waals surface area contributed by atoms with Crippen molar-refractivity contribution in [3.63, 3.8) is 0 Å². The van der Waals surface area contributed by atoms with Crippen LogP contribution in [0.4, 0.5) is 13.2 Å². The molecule has 0 amide bonds. The molecule has 0 radical (unpaired) electrons. The Morgan fingerprint density at radius 2 is 1.68 bits per heavy atom. The van der Waals surface area contributed by atoms with Crippen molar-refractivity contribution in [3.8, 4) is 11.1 Å². The quantitative estimate of drug-likeness (QED) is 0.138. The monoisotopic (exact) mass is 639 g/mol. The van der Waals surface area contributed by atoms with E-state index in [0.29, 0.717) is 31.3 Å². The van der Waals surface area contributed by atoms with E-state index in [-0.39, 0.29) is 29.2 Å². The smallest absolute Gasteiger partial charge is 0.246 e. The Balaban J connectivity index is 1.44. The zero-order valence-corrected chi connectivity index (χ0v) is 25.4. The van der Waals surface area contributed by atoms with Crippen LogP contribution in [0.1, 0.15) is 35.6 Å². The molecule has 0 aliphatic heterocycles. The number of sulfonamides is 1. The second-order valence-corrected chi connectivity index (χ2v) is 12.6. The molecule has 12 heteroatoms. The molecule has 2 heterocycles. The van der Waals surface area contributed by atoms with E-state index in [1.807, 2.05) is 55.5 Å². The first-order valence-corrected chi connectivity index (χ1v) is 15.7. The van der Waals surface area contributed by atoms with Gasteiger partial charge in [-0.1, -0.05) is 54.1 Å². The summed E-state index contributed by atoms with van der Waals surface area (Å²) in [4.78, 5) is 3.67. The van der Waals surface area contributed by atoms with Gasteiger partial charge in [0, 0.05) is 17.8 Å². The number of rotatable bonds is 12. The lowest BCUT2D eigenvalue weighted by Gasteiger charge is -2.23. The summed E-state index contributed by atoms with van der Waals surface area (Å²) in [6.07, 6.45) is 3.32. The van der Waals surface area contributed by atoms with Crippen LogP contribution in [-0.4, -0.2) is 39.0 Å². The molecule has 5 aromatic rings. The summed E-state index contributed by atoms with van der Waals surface area (Å²) in [7, 11) is -4.55. The minimum Gasteiger partial charge on any atom is -0.310 e. The lowest BCUT2D eigenvalue weighted by atomic mass is 10.0. The normalized spacial score (nSPS) is 11.8. The fourth-order valence-electron chi connectivity index (χ4n) is 4.85. The largest absolute Gasteiger partial charge is 0.310 e. The van der Waals surface area contributed by atoms with Crippen LogP contribution in [-0.2, 0) is 29.5 Å². The maximum atomic E-state index is 15.5. The van der Waals surface area contributed by atoms with Crippen LogP contribution in [0.5, 0.6) is 0 Å². The molecule has 0 saturated carbocycles. The molecule has 5 rings (SSSR count). The highest BCUT2D eigenvalue weighted by Crippen LogP contribution is 2.32. The second kappa shape index (κ2) is 13.7. The number of unbranched alkanes of at least 4 members (excludes halogenated alkanes) is 1. The Kier molecular flexibility index (Phi) is 9.77. The third kappa shape index (κ3) is 7.35. The summed E-state index contributed by atoms with van der Waals surface area (Å²) in [5.41, 5.74) is 2.52. The summed E-state index contributed by atoms with van der Waals surface area (Å²) in [5, 5.41) is 7.83. The first-order chi connectivity index (χ1) is 21.1. The summed E-state index contributed by atoms with van der Waals surface area (Å²) in [5.74, 6) is -2.55. The van der Waals surface area contributed by atoms with Gasteiger partial charge in [0.1, 0.15) is 34.5 Å². The molecular formula is C32H29ClF3N5O2S. The van der Waals surface area contributed by atoms with Crippen LogP contribution in [0.3, 0.4) is 0 Å². The van der Waals surface area contributed by atoms with E-state index in [2.05, 4.69) is 15.2 Å². The van der Waals surface area contributed by atoms with E-state index < -0.39 is 32.4 Å². The van der Waals surface area contributed by atoms with Crippen molar-refractivity contribution in [1.29, 1.82) is 0 Å². The number of benzene rings is 3. The Bertz CT molecular complexity index is 1870. The molecule has 0 N–H and O–H groups in total. The van der Waals surface area contributed by atoms with Crippen molar-refractivity contribution in [3.05, 3.63) is 130 Å². The fourth-order valence-corrected chi connectivity index (χ4v) is 6.52. The van der Waals surface area contributed by atoms with Crippen LogP contribution in [0.25, 0.3) is 11.1 Å². The lowest BCUT2D eigenvalue weighted by molar-refractivity contribution is 0.378. The summed E-state index contributed by atoms with van der Waals surface area (Å²) >= 11 is 5.83. The van der Waals surface area contributed by atoms with Crippen LogP contribution in [0.15, 0.2) is 90.1 Å². The van der Waals surface area contributed by atoms with Crippen molar-refractivity contribution in [2.45, 2.75) is 44.2 Å². The molecule has 0 atom stereocenters. The summed E-state index contributed by atoms with van der Waals surface area (Å²) in [6.45, 7) is 1.96. The van der Waals surface area contributed by atoms with E-state index in [1.54, 1.807) is 4.57 Å². The first-order valence-electron chi connectivity index (χ1n) is 13.9. The minimum absolute atomic E-state index is 0.0289. The van der Waals surface area contributed by atoms with Crippen molar-refractivity contribution in [2.24, 2.45) is 0 Å². The molecule has 0 bridgehead atoms. The topological polar surface area (TPSA) is 81.0 Å². The van der Waals surface area contributed by atoms with Gasteiger partial charge in [-0.25, -0.2) is 21.6 Å². The SMILES string of the molecule is Cc1cccc(Cn2cnnc2CN(CCCCc2ccccc2)S(=O)(=O)c2cc(F)c(-c3ccc(F)c(Cl)c3)cc2F)n1. The molecule has 0 aliphatic rings. The predicted octanol–water partition coefficient (Wildman–Crippen LogP) is 6.98. The predicted molar refractivity (Wildman–Crippen MR) is 162 cm³/mol. The molecule has 0 unspecified atom stereocenters. The molecule has 0 aliphatic carbocycles. The van der Waals surface area contributed by atoms with Gasteiger partial charge in [-0.3, -0.25) is 4.98 Å². The van der Waals surface area contributed by atoms with Crippen LogP contribution in [0, 0.1) is 24.4 Å². The number of hydrogen-bond donors (Lipinski definition) is 0. The molecule has 2 aromatic heterocycles. The molecule has 0 spiro atoms. The number of halogens is 4. The minimum atomic E-state index is -4.55. The number of pyridine rings is 1. The summed E-state index contributed by atoms with van der Waals surface area (Å²) in [6, 6.07) is 20.2. The van der Waals surface area contributed by atoms with Crippen LogP contribution in [0.2, 0.25) is 5.02 Å². The molecule has 7 nitrogen and oxygen atoms in total. The van der Waals surface area contributed by atoms with E-state index in [9.17, 15) is 12.8 Å². The maximum Gasteiger partial charge on any atom is 0.246 e. The van der Waals surface area contributed by atoms with E-state index in [1.165, 1.54) is 12.4 Å². The number of nitrogens with zero attached hydrogens (tertiary/aromatic N) is 5. The Morgan fingerprint density at radius 1 is 0.886 bits per heavy atom. The van der Waals surface area contributed by atoms with Crippen molar-refractivity contribution in [1.82, 2.24) is 24.1 Å². The number of aromatic nitrogens is 4. The van der Waals surface area contributed by atoms with E-state index in [0.717, 1.165) is 45.9 Å². The maximum absolute atomic E-state index is 15.5. The molecule has 3 aromatic carbocycles. The van der Waals surface area contributed by atoms with Crippen molar-refractivity contribution >= 4 is 21.6 Å². The third-order valence-electron chi connectivity index (χ3n) is 7.13. The zero-order chi connectivity index (χ0) is 31.3. The van der Waals surface area contributed by atoms with Crippen molar-refractivity contribution in [2.75, 3.05) is 6.54 Å². The Labute approximate surface area is 259 Å².